The number of aryl methyl sites for hydroxylation is 1. The Morgan fingerprint density at radius 2 is 2.04 bits per heavy atom. The van der Waals surface area contributed by atoms with Gasteiger partial charge in [-0.3, -0.25) is 4.79 Å². The molecule has 0 unspecified atom stereocenters. The molecule has 27 heavy (non-hydrogen) atoms. The number of nitrogens with one attached hydrogen (secondary N) is 1. The van der Waals surface area contributed by atoms with E-state index in [-0.39, 0.29) is 12.0 Å². The molecule has 1 aromatic carbocycles. The lowest BCUT2D eigenvalue weighted by molar-refractivity contribution is 0.0856. The lowest BCUT2D eigenvalue weighted by Crippen LogP contribution is -2.32. The van der Waals surface area contributed by atoms with Crippen LogP contribution in [-0.2, 0) is 11.2 Å². The van der Waals surface area contributed by atoms with Crippen molar-refractivity contribution in [1.82, 2.24) is 15.1 Å². The Balaban J connectivity index is 1.67. The van der Waals surface area contributed by atoms with Crippen molar-refractivity contribution in [2.45, 2.75) is 64.4 Å². The Hall–Kier alpha value is -2.14. The van der Waals surface area contributed by atoms with Crippen LogP contribution in [0.25, 0.3) is 5.69 Å². The molecule has 144 valence electrons. The smallest absolute Gasteiger partial charge is 0.255 e. The molecular formula is C22H29N3O2. The largest absolute Gasteiger partial charge is 0.376 e. The van der Waals surface area contributed by atoms with Crippen LogP contribution in [0.4, 0.5) is 0 Å². The Morgan fingerprint density at radius 1 is 1.26 bits per heavy atom. The first-order valence-electron chi connectivity index (χ1n) is 10.3. The topological polar surface area (TPSA) is 56.1 Å². The lowest BCUT2D eigenvalue weighted by atomic mass is 10.1. The molecule has 5 nitrogen and oxygen atoms in total. The van der Waals surface area contributed by atoms with Gasteiger partial charge >= 0.3 is 0 Å². The number of carbonyl (C=O) groups is 1. The zero-order valence-corrected chi connectivity index (χ0v) is 16.3. The van der Waals surface area contributed by atoms with E-state index in [1.807, 2.05) is 4.68 Å². The van der Waals surface area contributed by atoms with Gasteiger partial charge in [0.2, 0.25) is 0 Å². The summed E-state index contributed by atoms with van der Waals surface area (Å²) in [4.78, 5) is 13.1. The molecule has 1 aliphatic carbocycles. The summed E-state index contributed by atoms with van der Waals surface area (Å²) < 4.78 is 7.65. The quantitative estimate of drug-likeness (QED) is 0.807. The summed E-state index contributed by atoms with van der Waals surface area (Å²) in [6.07, 6.45) is 6.34. The minimum absolute atomic E-state index is 0.00853. The molecule has 2 aromatic rings. The van der Waals surface area contributed by atoms with Crippen LogP contribution in [-0.4, -0.2) is 34.9 Å². The van der Waals surface area contributed by atoms with Crippen LogP contribution >= 0.6 is 0 Å². The standard InChI is InChI=1S/C22H29N3O2/c1-3-5-19-20(22(26)23-14-18-6-4-13-27-18)21(16-9-10-16)24-25(19)17-11-7-15(2)8-12-17/h7-8,11-12,16,18H,3-6,9-10,13-14H2,1-2H3,(H,23,26)/t18-/m1/s1. The zero-order valence-electron chi connectivity index (χ0n) is 16.3. The van der Waals surface area contributed by atoms with Crippen LogP contribution < -0.4 is 5.32 Å². The molecule has 1 aliphatic heterocycles. The van der Waals surface area contributed by atoms with Crippen LogP contribution in [0, 0.1) is 6.92 Å². The van der Waals surface area contributed by atoms with E-state index in [2.05, 4.69) is 43.4 Å². The predicted molar refractivity (Wildman–Crippen MR) is 106 cm³/mol. The third-order valence-corrected chi connectivity index (χ3v) is 5.48. The SMILES string of the molecule is CCCc1c(C(=O)NC[C@H]2CCCO2)c(C2CC2)nn1-c1ccc(C)cc1. The highest BCUT2D eigenvalue weighted by molar-refractivity contribution is 5.97. The van der Waals surface area contributed by atoms with Crippen molar-refractivity contribution < 1.29 is 9.53 Å². The van der Waals surface area contributed by atoms with Crippen molar-refractivity contribution in [3.63, 3.8) is 0 Å². The number of carbonyl (C=O) groups excluding carboxylic acids is 1. The minimum atomic E-state index is 0.00853. The summed E-state index contributed by atoms with van der Waals surface area (Å²) in [6, 6.07) is 8.37. The number of hydrogen-bond acceptors (Lipinski definition) is 3. The van der Waals surface area contributed by atoms with Gasteiger partial charge in [-0.05, 0) is 51.2 Å². The second-order valence-electron chi connectivity index (χ2n) is 7.82. The van der Waals surface area contributed by atoms with Crippen molar-refractivity contribution in [3.05, 3.63) is 46.8 Å². The maximum atomic E-state index is 13.1. The van der Waals surface area contributed by atoms with Gasteiger partial charge in [0, 0.05) is 19.1 Å². The third kappa shape index (κ3) is 3.93. The van der Waals surface area contributed by atoms with Crippen molar-refractivity contribution in [2.75, 3.05) is 13.2 Å². The van der Waals surface area contributed by atoms with E-state index >= 15 is 0 Å². The van der Waals surface area contributed by atoms with Gasteiger partial charge in [0.1, 0.15) is 0 Å². The zero-order chi connectivity index (χ0) is 18.8. The van der Waals surface area contributed by atoms with Crippen LogP contribution in [0.5, 0.6) is 0 Å². The molecule has 1 saturated heterocycles. The van der Waals surface area contributed by atoms with Crippen LogP contribution in [0.15, 0.2) is 24.3 Å². The first kappa shape index (κ1) is 18.2. The number of amides is 1. The van der Waals surface area contributed by atoms with E-state index in [9.17, 15) is 4.79 Å². The molecule has 2 heterocycles. The normalized spacial score (nSPS) is 19.4. The van der Waals surface area contributed by atoms with Crippen LogP contribution in [0.2, 0.25) is 0 Å². The Labute approximate surface area is 161 Å². The average molecular weight is 367 g/mol. The summed E-state index contributed by atoms with van der Waals surface area (Å²) in [5.41, 5.74) is 5.07. The molecule has 0 spiro atoms. The number of benzene rings is 1. The molecular weight excluding hydrogens is 338 g/mol. The van der Waals surface area contributed by atoms with Gasteiger partial charge in [-0.2, -0.15) is 5.10 Å². The van der Waals surface area contributed by atoms with E-state index in [4.69, 9.17) is 9.84 Å². The summed E-state index contributed by atoms with van der Waals surface area (Å²) in [5, 5.41) is 8.04. The number of nitrogens with zero attached hydrogens (tertiary/aromatic N) is 2. The van der Waals surface area contributed by atoms with Crippen molar-refractivity contribution in [2.24, 2.45) is 0 Å². The molecule has 1 saturated carbocycles. The average Bonchev–Trinajstić information content (AvgIpc) is 3.25. The first-order chi connectivity index (χ1) is 13.2. The third-order valence-electron chi connectivity index (χ3n) is 5.48. The number of rotatable bonds is 7. The molecule has 1 aromatic heterocycles. The lowest BCUT2D eigenvalue weighted by Gasteiger charge is -2.12. The maximum absolute atomic E-state index is 13.1. The van der Waals surface area contributed by atoms with E-state index in [1.54, 1.807) is 0 Å². The molecule has 2 fully saturated rings. The number of aromatic nitrogens is 2. The van der Waals surface area contributed by atoms with Crippen molar-refractivity contribution in [1.29, 1.82) is 0 Å². The molecule has 0 radical (unpaired) electrons. The van der Waals surface area contributed by atoms with E-state index in [0.29, 0.717) is 12.5 Å². The van der Waals surface area contributed by atoms with Gasteiger partial charge in [-0.25, -0.2) is 4.68 Å². The van der Waals surface area contributed by atoms with E-state index < -0.39 is 0 Å². The van der Waals surface area contributed by atoms with E-state index in [1.165, 1.54) is 5.56 Å². The maximum Gasteiger partial charge on any atom is 0.255 e. The van der Waals surface area contributed by atoms with Gasteiger partial charge in [0.05, 0.1) is 28.7 Å². The van der Waals surface area contributed by atoms with Gasteiger partial charge in [0.25, 0.3) is 5.91 Å². The first-order valence-corrected chi connectivity index (χ1v) is 10.3. The molecule has 1 amide bonds. The summed E-state index contributed by atoms with van der Waals surface area (Å²) >= 11 is 0. The molecule has 2 aliphatic rings. The van der Waals surface area contributed by atoms with Crippen LogP contribution in [0.1, 0.15) is 72.3 Å². The monoisotopic (exact) mass is 367 g/mol. The van der Waals surface area contributed by atoms with Crippen molar-refractivity contribution >= 4 is 5.91 Å². The number of ether oxygens (including phenoxy) is 1. The van der Waals surface area contributed by atoms with Gasteiger partial charge < -0.3 is 10.1 Å². The molecule has 4 rings (SSSR count). The number of hydrogen-bond donors (Lipinski definition) is 1. The highest BCUT2D eigenvalue weighted by Crippen LogP contribution is 2.42. The van der Waals surface area contributed by atoms with Gasteiger partial charge in [-0.1, -0.05) is 31.0 Å². The highest BCUT2D eigenvalue weighted by Gasteiger charge is 2.34. The van der Waals surface area contributed by atoms with Crippen LogP contribution in [0.3, 0.4) is 0 Å². The fourth-order valence-corrected chi connectivity index (χ4v) is 3.83. The molecule has 0 bridgehead atoms. The Bertz CT molecular complexity index is 800. The highest BCUT2D eigenvalue weighted by atomic mass is 16.5. The molecule has 1 N–H and O–H groups in total. The second kappa shape index (κ2) is 7.85. The fraction of sp³-hybridized carbons (Fsp3) is 0.545. The molecule has 1 atom stereocenters. The minimum Gasteiger partial charge on any atom is -0.376 e. The van der Waals surface area contributed by atoms with Crippen molar-refractivity contribution in [3.8, 4) is 5.69 Å². The Morgan fingerprint density at radius 3 is 2.67 bits per heavy atom. The summed E-state index contributed by atoms with van der Waals surface area (Å²) in [6.45, 7) is 5.63. The Kier molecular flexibility index (Phi) is 5.30. The second-order valence-corrected chi connectivity index (χ2v) is 7.82. The van der Waals surface area contributed by atoms with Gasteiger partial charge in [0.15, 0.2) is 0 Å². The summed E-state index contributed by atoms with van der Waals surface area (Å²) in [7, 11) is 0. The van der Waals surface area contributed by atoms with E-state index in [0.717, 1.165) is 67.8 Å². The molecule has 5 heteroatoms. The fourth-order valence-electron chi connectivity index (χ4n) is 3.83. The summed E-state index contributed by atoms with van der Waals surface area (Å²) in [5.74, 6) is 0.435. The predicted octanol–water partition coefficient (Wildman–Crippen LogP) is 3.92. The van der Waals surface area contributed by atoms with Gasteiger partial charge in [-0.15, -0.1) is 0 Å².